The molecule has 4 aromatic heterocycles. The van der Waals surface area contributed by atoms with Crippen molar-refractivity contribution >= 4 is 11.5 Å². The highest BCUT2D eigenvalue weighted by atomic mass is 15.3. The molecule has 1 aliphatic rings. The van der Waals surface area contributed by atoms with E-state index in [0.29, 0.717) is 6.04 Å². The Kier molecular flexibility index (Phi) is 4.25. The number of aromatic nitrogens is 6. The van der Waals surface area contributed by atoms with Crippen LogP contribution in [0.25, 0.3) is 28.3 Å². The molecule has 1 aliphatic heterocycles. The number of anilines is 1. The molecule has 1 fully saturated rings. The van der Waals surface area contributed by atoms with Crippen LogP contribution in [0.4, 0.5) is 5.82 Å². The molecule has 0 radical (unpaired) electrons. The van der Waals surface area contributed by atoms with Crippen LogP contribution in [0.2, 0.25) is 0 Å². The minimum Gasteiger partial charge on any atom is -0.367 e. The number of nitrogens with zero attached hydrogens (tertiary/aromatic N) is 6. The molecule has 4 aromatic rings. The van der Waals surface area contributed by atoms with Gasteiger partial charge in [0.25, 0.3) is 0 Å². The molecule has 28 heavy (non-hydrogen) atoms. The molecule has 8 nitrogen and oxygen atoms in total. The number of pyridine rings is 1. The van der Waals surface area contributed by atoms with E-state index in [9.17, 15) is 0 Å². The number of hydrogen-bond donors (Lipinski definition) is 2. The van der Waals surface area contributed by atoms with Crippen LogP contribution in [0.3, 0.4) is 0 Å². The third-order valence-electron chi connectivity index (χ3n) is 5.07. The Balaban J connectivity index is 1.49. The number of hydrogen-bond acceptors (Lipinski definition) is 6. The highest BCUT2D eigenvalue weighted by Gasteiger charge is 2.15. The van der Waals surface area contributed by atoms with Crippen LogP contribution in [0, 0.1) is 0 Å². The van der Waals surface area contributed by atoms with Crippen molar-refractivity contribution in [3.05, 3.63) is 48.9 Å². The van der Waals surface area contributed by atoms with E-state index in [1.165, 1.54) is 0 Å². The smallest absolute Gasteiger partial charge is 0.154 e. The molecule has 0 aromatic carbocycles. The van der Waals surface area contributed by atoms with Gasteiger partial charge in [0.15, 0.2) is 5.65 Å². The average molecular weight is 374 g/mol. The zero-order valence-corrected chi connectivity index (χ0v) is 15.7. The van der Waals surface area contributed by atoms with Gasteiger partial charge < -0.3 is 10.6 Å². The van der Waals surface area contributed by atoms with Crippen LogP contribution < -0.4 is 10.6 Å². The van der Waals surface area contributed by atoms with Crippen LogP contribution in [-0.4, -0.2) is 48.5 Å². The van der Waals surface area contributed by atoms with Crippen molar-refractivity contribution in [1.29, 1.82) is 0 Å². The van der Waals surface area contributed by atoms with Gasteiger partial charge in [0.1, 0.15) is 11.5 Å². The van der Waals surface area contributed by atoms with Crippen molar-refractivity contribution in [3.8, 4) is 22.6 Å². The number of nitrogens with one attached hydrogen (secondary N) is 2. The van der Waals surface area contributed by atoms with Gasteiger partial charge in [-0.25, -0.2) is 14.5 Å². The standard InChI is InChI=1S/C20H22N8/c1-27-13-14(11-23-27)16-5-6-20-22-12-18(28(20)26-16)17-3-2-4-19(25-17)24-15-7-9-21-10-8-15/h2-6,11-13,15,21H,7-10H2,1H3,(H,24,25). The van der Waals surface area contributed by atoms with Crippen molar-refractivity contribution in [2.24, 2.45) is 7.05 Å². The predicted octanol–water partition coefficient (Wildman–Crippen LogP) is 2.36. The summed E-state index contributed by atoms with van der Waals surface area (Å²) in [5.74, 6) is 0.891. The minimum absolute atomic E-state index is 0.460. The Morgan fingerprint density at radius 3 is 2.79 bits per heavy atom. The summed E-state index contributed by atoms with van der Waals surface area (Å²) in [6, 6.07) is 10.4. The third-order valence-corrected chi connectivity index (χ3v) is 5.07. The van der Waals surface area contributed by atoms with Crippen molar-refractivity contribution in [2.75, 3.05) is 18.4 Å². The summed E-state index contributed by atoms with van der Waals surface area (Å²) in [5, 5.41) is 16.0. The number of rotatable bonds is 4. The molecule has 5 heterocycles. The highest BCUT2D eigenvalue weighted by molar-refractivity contribution is 5.64. The van der Waals surface area contributed by atoms with Gasteiger partial charge in [0, 0.05) is 24.8 Å². The van der Waals surface area contributed by atoms with E-state index in [2.05, 4.69) is 20.7 Å². The van der Waals surface area contributed by atoms with Crippen molar-refractivity contribution < 1.29 is 0 Å². The largest absolute Gasteiger partial charge is 0.367 e. The topological polar surface area (TPSA) is 85.0 Å². The Hall–Kier alpha value is -3.26. The van der Waals surface area contributed by atoms with Crippen LogP contribution in [-0.2, 0) is 7.05 Å². The van der Waals surface area contributed by atoms with Gasteiger partial charge in [-0.3, -0.25) is 4.68 Å². The second-order valence-corrected chi connectivity index (χ2v) is 7.11. The lowest BCUT2D eigenvalue weighted by Gasteiger charge is -2.24. The fraction of sp³-hybridized carbons (Fsp3) is 0.300. The lowest BCUT2D eigenvalue weighted by Crippen LogP contribution is -2.35. The molecule has 0 aliphatic carbocycles. The maximum absolute atomic E-state index is 4.82. The SMILES string of the molecule is Cn1cc(-c2ccc3ncc(-c4cccc(NC5CCNCC5)n4)n3n2)cn1. The van der Waals surface area contributed by atoms with Gasteiger partial charge in [0.2, 0.25) is 0 Å². The molecule has 0 saturated carbocycles. The minimum atomic E-state index is 0.460. The zero-order chi connectivity index (χ0) is 18.9. The molecule has 8 heteroatoms. The van der Waals surface area contributed by atoms with Gasteiger partial charge in [-0.15, -0.1) is 0 Å². The Morgan fingerprint density at radius 2 is 1.96 bits per heavy atom. The summed E-state index contributed by atoms with van der Waals surface area (Å²) < 4.78 is 3.62. The summed E-state index contributed by atoms with van der Waals surface area (Å²) >= 11 is 0. The number of imidazole rings is 1. The van der Waals surface area contributed by atoms with Crippen molar-refractivity contribution in [3.63, 3.8) is 0 Å². The van der Waals surface area contributed by atoms with Gasteiger partial charge in [-0.2, -0.15) is 10.2 Å². The van der Waals surface area contributed by atoms with Gasteiger partial charge >= 0.3 is 0 Å². The lowest BCUT2D eigenvalue weighted by atomic mass is 10.1. The van der Waals surface area contributed by atoms with Gasteiger partial charge in [-0.1, -0.05) is 6.07 Å². The van der Waals surface area contributed by atoms with E-state index in [0.717, 1.165) is 60.0 Å². The first-order valence-electron chi connectivity index (χ1n) is 9.55. The summed E-state index contributed by atoms with van der Waals surface area (Å²) in [4.78, 5) is 9.31. The Morgan fingerprint density at radius 1 is 1.07 bits per heavy atom. The first-order chi connectivity index (χ1) is 13.8. The molecule has 1 saturated heterocycles. The predicted molar refractivity (Wildman–Crippen MR) is 108 cm³/mol. The maximum Gasteiger partial charge on any atom is 0.154 e. The van der Waals surface area contributed by atoms with Crippen LogP contribution in [0.5, 0.6) is 0 Å². The second kappa shape index (κ2) is 7.05. The highest BCUT2D eigenvalue weighted by Crippen LogP contribution is 2.23. The molecular formula is C20H22N8. The number of fused-ring (bicyclic) bond motifs is 1. The fourth-order valence-corrected chi connectivity index (χ4v) is 3.59. The Labute approximate surface area is 162 Å². The summed E-state index contributed by atoms with van der Waals surface area (Å²) in [6.07, 6.45) is 7.81. The van der Waals surface area contributed by atoms with Gasteiger partial charge in [-0.05, 0) is 50.2 Å². The van der Waals surface area contributed by atoms with E-state index in [1.54, 1.807) is 4.68 Å². The van der Waals surface area contributed by atoms with Crippen LogP contribution >= 0.6 is 0 Å². The molecular weight excluding hydrogens is 352 g/mol. The van der Waals surface area contributed by atoms with Gasteiger partial charge in [0.05, 0.1) is 23.8 Å². The van der Waals surface area contributed by atoms with Crippen molar-refractivity contribution in [2.45, 2.75) is 18.9 Å². The quantitative estimate of drug-likeness (QED) is 0.570. The molecule has 2 N–H and O–H groups in total. The summed E-state index contributed by atoms with van der Waals surface area (Å²) in [7, 11) is 1.90. The normalized spacial score (nSPS) is 15.2. The first-order valence-corrected chi connectivity index (χ1v) is 9.55. The fourth-order valence-electron chi connectivity index (χ4n) is 3.59. The molecule has 5 rings (SSSR count). The second-order valence-electron chi connectivity index (χ2n) is 7.11. The van der Waals surface area contributed by atoms with E-state index >= 15 is 0 Å². The van der Waals surface area contributed by atoms with Crippen LogP contribution in [0.15, 0.2) is 48.9 Å². The molecule has 0 amide bonds. The molecule has 0 atom stereocenters. The molecule has 0 unspecified atom stereocenters. The van der Waals surface area contributed by atoms with Crippen molar-refractivity contribution in [1.82, 2.24) is 34.7 Å². The average Bonchev–Trinajstić information content (AvgIpc) is 3.35. The molecule has 142 valence electrons. The Bertz CT molecular complexity index is 1110. The lowest BCUT2D eigenvalue weighted by molar-refractivity contribution is 0.478. The number of aryl methyl sites for hydroxylation is 1. The first kappa shape index (κ1) is 16.9. The molecule has 0 bridgehead atoms. The van der Waals surface area contributed by atoms with E-state index < -0.39 is 0 Å². The van der Waals surface area contributed by atoms with E-state index in [-0.39, 0.29) is 0 Å². The summed E-state index contributed by atoms with van der Waals surface area (Å²) in [5.41, 5.74) is 4.33. The van der Waals surface area contributed by atoms with E-state index in [4.69, 9.17) is 10.1 Å². The monoisotopic (exact) mass is 374 g/mol. The number of piperidine rings is 1. The summed E-state index contributed by atoms with van der Waals surface area (Å²) in [6.45, 7) is 2.09. The van der Waals surface area contributed by atoms with Crippen LogP contribution in [0.1, 0.15) is 12.8 Å². The molecule has 0 spiro atoms. The van der Waals surface area contributed by atoms with E-state index in [1.807, 2.05) is 60.5 Å². The third kappa shape index (κ3) is 3.22. The maximum atomic E-state index is 4.82. The zero-order valence-electron chi connectivity index (χ0n) is 15.7.